The number of rotatable bonds is 8. The van der Waals surface area contributed by atoms with Gasteiger partial charge in [-0.3, -0.25) is 29.0 Å². The fourth-order valence-electron chi connectivity index (χ4n) is 2.83. The molecule has 1 saturated heterocycles. The smallest absolute Gasteiger partial charge is 0.320 e. The molecule has 0 aromatic heterocycles. The van der Waals surface area contributed by atoms with Gasteiger partial charge in [0.15, 0.2) is 0 Å². The third-order valence-electron chi connectivity index (χ3n) is 4.43. The summed E-state index contributed by atoms with van der Waals surface area (Å²) in [7, 11) is 0. The van der Waals surface area contributed by atoms with Crippen molar-refractivity contribution in [1.29, 1.82) is 0 Å². The van der Waals surface area contributed by atoms with Crippen molar-refractivity contribution >= 4 is 24.8 Å². The van der Waals surface area contributed by atoms with Crippen LogP contribution in [0.1, 0.15) is 13.8 Å². The molecule has 0 spiro atoms. The molecule has 0 radical (unpaired) electrons. The number of hydrogen-bond donors (Lipinski definition) is 0. The predicted octanol–water partition coefficient (Wildman–Crippen LogP) is -1.35. The molecule has 10 nitrogen and oxygen atoms in total. The SMILES string of the molecule is CCOC(=O)CN1CCN(C=O)CCN(C=O)CCN(CC(=O)OCC)CC1. The Balaban J connectivity index is 2.82. The van der Waals surface area contributed by atoms with Crippen LogP contribution in [0.25, 0.3) is 0 Å². The number of ether oxygens (including phenoxy) is 2. The number of nitrogens with zero attached hydrogens (tertiary/aromatic N) is 4. The molecule has 160 valence electrons. The second-order valence-corrected chi connectivity index (χ2v) is 6.45. The fourth-order valence-corrected chi connectivity index (χ4v) is 2.83. The average molecular weight is 400 g/mol. The molecule has 1 heterocycles. The van der Waals surface area contributed by atoms with Crippen LogP contribution in [0.4, 0.5) is 0 Å². The van der Waals surface area contributed by atoms with Gasteiger partial charge in [0.05, 0.1) is 26.3 Å². The zero-order valence-electron chi connectivity index (χ0n) is 16.9. The molecule has 0 aromatic rings. The standard InChI is InChI=1S/C18H32N4O6/c1-3-27-17(25)13-19-5-6-20(14-18(26)28-4-2)8-10-22(16-24)12-11-21(15-23)9-7-19/h15-16H,3-14H2,1-2H3. The molecule has 1 fully saturated rings. The molecule has 0 aromatic carbocycles. The molecule has 0 aliphatic carbocycles. The van der Waals surface area contributed by atoms with Gasteiger partial charge in [0.25, 0.3) is 0 Å². The Bertz CT molecular complexity index is 460. The van der Waals surface area contributed by atoms with Crippen molar-refractivity contribution in [2.24, 2.45) is 0 Å². The molecule has 0 unspecified atom stereocenters. The number of carbonyl (C=O) groups excluding carboxylic acids is 4. The van der Waals surface area contributed by atoms with Crippen molar-refractivity contribution in [3.63, 3.8) is 0 Å². The van der Waals surface area contributed by atoms with Crippen LogP contribution in [0.2, 0.25) is 0 Å². The lowest BCUT2D eigenvalue weighted by atomic mass is 10.3. The second kappa shape index (κ2) is 13.9. The first-order valence-electron chi connectivity index (χ1n) is 9.67. The van der Waals surface area contributed by atoms with E-state index in [1.54, 1.807) is 23.6 Å². The topological polar surface area (TPSA) is 99.7 Å². The van der Waals surface area contributed by atoms with E-state index in [1.165, 1.54) is 0 Å². The summed E-state index contributed by atoms with van der Waals surface area (Å²) in [5, 5.41) is 0. The predicted molar refractivity (Wildman–Crippen MR) is 101 cm³/mol. The third-order valence-corrected chi connectivity index (χ3v) is 4.43. The number of hydrogen-bond acceptors (Lipinski definition) is 8. The molecule has 1 rings (SSSR count). The Labute approximate surface area is 166 Å². The average Bonchev–Trinajstić information content (AvgIpc) is 2.66. The van der Waals surface area contributed by atoms with Gasteiger partial charge in [0, 0.05) is 52.4 Å². The van der Waals surface area contributed by atoms with Crippen LogP contribution >= 0.6 is 0 Å². The van der Waals surface area contributed by atoms with E-state index in [4.69, 9.17) is 9.47 Å². The molecule has 0 saturated carbocycles. The molecular weight excluding hydrogens is 368 g/mol. The van der Waals surface area contributed by atoms with E-state index >= 15 is 0 Å². The van der Waals surface area contributed by atoms with Crippen molar-refractivity contribution < 1.29 is 28.7 Å². The van der Waals surface area contributed by atoms with E-state index in [9.17, 15) is 19.2 Å². The lowest BCUT2D eigenvalue weighted by Crippen LogP contribution is -2.47. The Morgan fingerprint density at radius 3 is 1.32 bits per heavy atom. The summed E-state index contributed by atoms with van der Waals surface area (Å²) < 4.78 is 10.1. The fraction of sp³-hybridized carbons (Fsp3) is 0.778. The highest BCUT2D eigenvalue weighted by molar-refractivity contribution is 5.72. The maximum atomic E-state index is 11.9. The van der Waals surface area contributed by atoms with Gasteiger partial charge in [-0.05, 0) is 13.8 Å². The summed E-state index contributed by atoms with van der Waals surface area (Å²) in [6.07, 6.45) is 1.51. The minimum atomic E-state index is -0.323. The van der Waals surface area contributed by atoms with E-state index < -0.39 is 0 Å². The Kier molecular flexibility index (Phi) is 11.8. The van der Waals surface area contributed by atoms with Gasteiger partial charge in [-0.25, -0.2) is 0 Å². The summed E-state index contributed by atoms with van der Waals surface area (Å²) in [6.45, 7) is 8.08. The van der Waals surface area contributed by atoms with E-state index in [1.807, 2.05) is 9.80 Å². The summed E-state index contributed by atoms with van der Waals surface area (Å²) in [6, 6.07) is 0. The molecule has 1 aliphatic rings. The van der Waals surface area contributed by atoms with Crippen LogP contribution in [0.3, 0.4) is 0 Å². The molecule has 0 atom stereocenters. The molecule has 2 amide bonds. The van der Waals surface area contributed by atoms with Crippen LogP contribution in [0, 0.1) is 0 Å². The lowest BCUT2D eigenvalue weighted by Gasteiger charge is -2.31. The third kappa shape index (κ3) is 9.65. The van der Waals surface area contributed by atoms with Gasteiger partial charge < -0.3 is 19.3 Å². The highest BCUT2D eigenvalue weighted by atomic mass is 16.5. The Morgan fingerprint density at radius 1 is 0.679 bits per heavy atom. The maximum Gasteiger partial charge on any atom is 0.320 e. The molecular formula is C18H32N4O6. The van der Waals surface area contributed by atoms with Gasteiger partial charge in [0.1, 0.15) is 0 Å². The zero-order chi connectivity index (χ0) is 20.8. The van der Waals surface area contributed by atoms with Crippen molar-refractivity contribution in [1.82, 2.24) is 19.6 Å². The van der Waals surface area contributed by atoms with Crippen molar-refractivity contribution in [2.75, 3.05) is 78.7 Å². The first-order valence-corrected chi connectivity index (χ1v) is 9.67. The van der Waals surface area contributed by atoms with E-state index in [2.05, 4.69) is 0 Å². The highest BCUT2D eigenvalue weighted by Gasteiger charge is 2.19. The summed E-state index contributed by atoms with van der Waals surface area (Å²) in [4.78, 5) is 53.3. The van der Waals surface area contributed by atoms with Crippen molar-refractivity contribution in [2.45, 2.75) is 13.8 Å². The van der Waals surface area contributed by atoms with Crippen LogP contribution in [0.5, 0.6) is 0 Å². The monoisotopic (exact) mass is 400 g/mol. The normalized spacial score (nSPS) is 17.9. The van der Waals surface area contributed by atoms with Gasteiger partial charge >= 0.3 is 11.9 Å². The molecule has 0 N–H and O–H groups in total. The Morgan fingerprint density at radius 2 is 1.00 bits per heavy atom. The molecule has 0 bridgehead atoms. The van der Waals surface area contributed by atoms with Gasteiger partial charge in [-0.2, -0.15) is 0 Å². The quantitative estimate of drug-likeness (QED) is 0.364. The van der Waals surface area contributed by atoms with E-state index in [0.717, 1.165) is 12.8 Å². The van der Waals surface area contributed by atoms with Gasteiger partial charge in [-0.1, -0.05) is 0 Å². The Hall–Kier alpha value is -2.20. The van der Waals surface area contributed by atoms with Crippen molar-refractivity contribution in [3.05, 3.63) is 0 Å². The molecule has 1 aliphatic heterocycles. The van der Waals surface area contributed by atoms with Crippen LogP contribution in [-0.2, 0) is 28.7 Å². The maximum absolute atomic E-state index is 11.9. The summed E-state index contributed by atoms with van der Waals surface area (Å²) >= 11 is 0. The second-order valence-electron chi connectivity index (χ2n) is 6.45. The van der Waals surface area contributed by atoms with Crippen molar-refractivity contribution in [3.8, 4) is 0 Å². The largest absolute Gasteiger partial charge is 0.465 e. The zero-order valence-corrected chi connectivity index (χ0v) is 16.9. The lowest BCUT2D eigenvalue weighted by molar-refractivity contribution is -0.146. The minimum Gasteiger partial charge on any atom is -0.465 e. The van der Waals surface area contributed by atoms with Gasteiger partial charge in [-0.15, -0.1) is 0 Å². The number of amides is 2. The first-order chi connectivity index (χ1) is 13.5. The van der Waals surface area contributed by atoms with Crippen LogP contribution in [-0.4, -0.2) is 123 Å². The minimum absolute atomic E-state index is 0.119. The van der Waals surface area contributed by atoms with Crippen LogP contribution in [0.15, 0.2) is 0 Å². The van der Waals surface area contributed by atoms with Crippen LogP contribution < -0.4 is 0 Å². The first kappa shape index (κ1) is 23.8. The highest BCUT2D eigenvalue weighted by Crippen LogP contribution is 2.00. The van der Waals surface area contributed by atoms with Gasteiger partial charge in [0.2, 0.25) is 12.8 Å². The number of carbonyl (C=O) groups is 4. The summed E-state index contributed by atoms with van der Waals surface area (Å²) in [5.41, 5.74) is 0. The van der Waals surface area contributed by atoms with E-state index in [0.29, 0.717) is 65.6 Å². The molecule has 28 heavy (non-hydrogen) atoms. The van der Waals surface area contributed by atoms with E-state index in [-0.39, 0.29) is 25.0 Å². The molecule has 10 heteroatoms. The summed E-state index contributed by atoms with van der Waals surface area (Å²) in [5.74, 6) is -0.646. The number of esters is 2.